The number of esters is 1. The molecule has 0 amide bonds. The van der Waals surface area contributed by atoms with Crippen molar-refractivity contribution in [1.82, 2.24) is 0 Å². The summed E-state index contributed by atoms with van der Waals surface area (Å²) >= 11 is 0. The van der Waals surface area contributed by atoms with Crippen molar-refractivity contribution in [2.24, 2.45) is 5.73 Å². The molecule has 0 aliphatic carbocycles. The van der Waals surface area contributed by atoms with E-state index in [9.17, 15) is 4.79 Å². The van der Waals surface area contributed by atoms with Crippen molar-refractivity contribution in [3.05, 3.63) is 29.3 Å². The van der Waals surface area contributed by atoms with Gasteiger partial charge >= 0.3 is 5.97 Å². The van der Waals surface area contributed by atoms with Crippen molar-refractivity contribution in [3.8, 4) is 5.75 Å². The average Bonchev–Trinajstić information content (AvgIpc) is 2.31. The lowest BCUT2D eigenvalue weighted by Crippen LogP contribution is -2.26. The molecule has 2 N–H and O–H groups in total. The van der Waals surface area contributed by atoms with Gasteiger partial charge in [-0.3, -0.25) is 0 Å². The van der Waals surface area contributed by atoms with E-state index in [1.165, 1.54) is 0 Å². The van der Waals surface area contributed by atoms with Crippen molar-refractivity contribution in [3.63, 3.8) is 0 Å². The van der Waals surface area contributed by atoms with Crippen LogP contribution < -0.4 is 10.5 Å². The van der Waals surface area contributed by atoms with Crippen LogP contribution in [0.5, 0.6) is 5.75 Å². The smallest absolute Gasteiger partial charge is 0.347 e. The van der Waals surface area contributed by atoms with E-state index in [1.54, 1.807) is 13.8 Å². The van der Waals surface area contributed by atoms with Crippen molar-refractivity contribution in [2.45, 2.75) is 39.8 Å². The molecule has 18 heavy (non-hydrogen) atoms. The second kappa shape index (κ2) is 6.40. The summed E-state index contributed by atoms with van der Waals surface area (Å²) in [6.45, 7) is 7.66. The first-order chi connectivity index (χ1) is 8.45. The van der Waals surface area contributed by atoms with Crippen LogP contribution >= 0.6 is 0 Å². The lowest BCUT2D eigenvalue weighted by molar-refractivity contribution is -0.150. The van der Waals surface area contributed by atoms with Crippen LogP contribution in [-0.4, -0.2) is 18.7 Å². The van der Waals surface area contributed by atoms with E-state index in [1.807, 2.05) is 32.0 Å². The van der Waals surface area contributed by atoms with Crippen molar-refractivity contribution >= 4 is 5.97 Å². The lowest BCUT2D eigenvalue weighted by Gasteiger charge is -2.18. The third-order valence-corrected chi connectivity index (χ3v) is 2.58. The van der Waals surface area contributed by atoms with Gasteiger partial charge < -0.3 is 15.2 Å². The van der Waals surface area contributed by atoms with Crippen LogP contribution in [-0.2, 0) is 9.53 Å². The molecule has 0 radical (unpaired) electrons. The molecular weight excluding hydrogens is 230 g/mol. The Morgan fingerprint density at radius 2 is 2.06 bits per heavy atom. The molecule has 1 aromatic rings. The number of benzene rings is 1. The van der Waals surface area contributed by atoms with Gasteiger partial charge in [0.05, 0.1) is 6.61 Å². The molecule has 1 unspecified atom stereocenters. The molecule has 1 rings (SSSR count). The fourth-order valence-corrected chi connectivity index (χ4v) is 1.63. The molecule has 4 heteroatoms. The van der Waals surface area contributed by atoms with E-state index >= 15 is 0 Å². The molecule has 0 aliphatic heterocycles. The highest BCUT2D eigenvalue weighted by Crippen LogP contribution is 2.26. The summed E-state index contributed by atoms with van der Waals surface area (Å²) in [4.78, 5) is 11.5. The van der Waals surface area contributed by atoms with Gasteiger partial charge in [-0.25, -0.2) is 4.79 Å². The zero-order chi connectivity index (χ0) is 13.7. The molecule has 0 heterocycles. The number of carbonyl (C=O) groups is 1. The van der Waals surface area contributed by atoms with Gasteiger partial charge in [-0.15, -0.1) is 0 Å². The second-order valence-corrected chi connectivity index (χ2v) is 4.34. The van der Waals surface area contributed by atoms with Crippen molar-refractivity contribution in [2.75, 3.05) is 6.61 Å². The summed E-state index contributed by atoms with van der Waals surface area (Å²) < 4.78 is 10.5. The van der Waals surface area contributed by atoms with E-state index in [4.69, 9.17) is 15.2 Å². The number of hydrogen-bond acceptors (Lipinski definition) is 4. The van der Waals surface area contributed by atoms with E-state index < -0.39 is 6.10 Å². The predicted octanol–water partition coefficient (Wildman–Crippen LogP) is 2.35. The number of aryl methyl sites for hydroxylation is 1. The third-order valence-electron chi connectivity index (χ3n) is 2.58. The predicted molar refractivity (Wildman–Crippen MR) is 70.5 cm³/mol. The molecule has 0 aliphatic rings. The summed E-state index contributed by atoms with van der Waals surface area (Å²) in [6, 6.07) is 5.59. The molecule has 0 bridgehead atoms. The molecule has 0 aromatic heterocycles. The van der Waals surface area contributed by atoms with Crippen LogP contribution in [0.4, 0.5) is 0 Å². The highest BCUT2D eigenvalue weighted by Gasteiger charge is 2.18. The Kier molecular flexibility index (Phi) is 5.16. The highest BCUT2D eigenvalue weighted by molar-refractivity contribution is 5.74. The van der Waals surface area contributed by atoms with Crippen LogP contribution in [0, 0.1) is 6.92 Å². The Bertz CT molecular complexity index is 416. The topological polar surface area (TPSA) is 61.5 Å². The van der Waals surface area contributed by atoms with Crippen LogP contribution in [0.3, 0.4) is 0 Å². The number of rotatable bonds is 5. The van der Waals surface area contributed by atoms with Gasteiger partial charge in [0.25, 0.3) is 0 Å². The van der Waals surface area contributed by atoms with Crippen molar-refractivity contribution in [1.29, 1.82) is 0 Å². The normalized spacial score (nSPS) is 13.8. The Labute approximate surface area is 108 Å². The monoisotopic (exact) mass is 251 g/mol. The Hall–Kier alpha value is -1.55. The van der Waals surface area contributed by atoms with Crippen LogP contribution in [0.15, 0.2) is 18.2 Å². The zero-order valence-corrected chi connectivity index (χ0v) is 11.4. The van der Waals surface area contributed by atoms with Gasteiger partial charge in [0, 0.05) is 11.6 Å². The second-order valence-electron chi connectivity index (χ2n) is 4.34. The largest absolute Gasteiger partial charge is 0.479 e. The van der Waals surface area contributed by atoms with Gasteiger partial charge in [-0.05, 0) is 33.8 Å². The van der Waals surface area contributed by atoms with E-state index in [-0.39, 0.29) is 12.0 Å². The van der Waals surface area contributed by atoms with Gasteiger partial charge in [0.15, 0.2) is 6.10 Å². The molecule has 0 fully saturated rings. The van der Waals surface area contributed by atoms with E-state index in [2.05, 4.69) is 0 Å². The summed E-state index contributed by atoms with van der Waals surface area (Å²) in [5, 5.41) is 0. The fourth-order valence-electron chi connectivity index (χ4n) is 1.63. The minimum absolute atomic E-state index is 0.144. The molecule has 0 spiro atoms. The minimum atomic E-state index is -0.634. The third kappa shape index (κ3) is 3.74. The Balaban J connectivity index is 2.87. The molecule has 2 atom stereocenters. The van der Waals surface area contributed by atoms with Crippen LogP contribution in [0.2, 0.25) is 0 Å². The highest BCUT2D eigenvalue weighted by atomic mass is 16.6. The van der Waals surface area contributed by atoms with Crippen LogP contribution in [0.25, 0.3) is 0 Å². The maximum absolute atomic E-state index is 11.5. The summed E-state index contributed by atoms with van der Waals surface area (Å²) in [5.74, 6) is 0.268. The summed E-state index contributed by atoms with van der Waals surface area (Å²) in [7, 11) is 0. The van der Waals surface area contributed by atoms with Crippen molar-refractivity contribution < 1.29 is 14.3 Å². The number of carbonyl (C=O) groups excluding carboxylic acids is 1. The van der Waals surface area contributed by atoms with E-state index in [0.717, 1.165) is 11.1 Å². The van der Waals surface area contributed by atoms with Crippen LogP contribution in [0.1, 0.15) is 37.9 Å². The molecule has 4 nitrogen and oxygen atoms in total. The van der Waals surface area contributed by atoms with E-state index in [0.29, 0.717) is 12.4 Å². The van der Waals surface area contributed by atoms with Gasteiger partial charge in [-0.2, -0.15) is 0 Å². The standard InChI is InChI=1S/C14H21NO3/c1-5-17-14(16)11(4)18-13-7-6-9(2)8-12(13)10(3)15/h6-8,10-11H,5,15H2,1-4H3/t10-,11?/m0/s1. The van der Waals surface area contributed by atoms with Gasteiger partial charge in [0.2, 0.25) is 0 Å². The summed E-state index contributed by atoms with van der Waals surface area (Å²) in [6.07, 6.45) is -0.634. The SMILES string of the molecule is CCOC(=O)C(C)Oc1ccc(C)cc1[C@H](C)N. The Morgan fingerprint density at radius 3 is 2.61 bits per heavy atom. The molecule has 100 valence electrons. The Morgan fingerprint density at radius 1 is 1.39 bits per heavy atom. The minimum Gasteiger partial charge on any atom is -0.479 e. The number of ether oxygens (including phenoxy) is 2. The van der Waals surface area contributed by atoms with Gasteiger partial charge in [0.1, 0.15) is 5.75 Å². The maximum atomic E-state index is 11.5. The molecule has 1 aromatic carbocycles. The lowest BCUT2D eigenvalue weighted by atomic mass is 10.1. The maximum Gasteiger partial charge on any atom is 0.347 e. The first-order valence-electron chi connectivity index (χ1n) is 6.15. The van der Waals surface area contributed by atoms with Gasteiger partial charge in [-0.1, -0.05) is 17.7 Å². The number of nitrogens with two attached hydrogens (primary N) is 1. The summed E-state index contributed by atoms with van der Waals surface area (Å²) in [5.41, 5.74) is 7.90. The molecule has 0 saturated carbocycles. The first kappa shape index (κ1) is 14.5. The molecular formula is C14H21NO3. The first-order valence-corrected chi connectivity index (χ1v) is 6.15. The molecule has 0 saturated heterocycles. The fraction of sp³-hybridized carbons (Fsp3) is 0.500. The average molecular weight is 251 g/mol. The number of hydrogen-bond donors (Lipinski definition) is 1. The quantitative estimate of drug-likeness (QED) is 0.816. The zero-order valence-electron chi connectivity index (χ0n) is 11.4.